The molecular weight excluding hydrogens is 364 g/mol. The number of hydrogen-bond donors (Lipinski definition) is 3. The predicted molar refractivity (Wildman–Crippen MR) is 105 cm³/mol. The van der Waals surface area contributed by atoms with Crippen molar-refractivity contribution in [3.8, 4) is 34.3 Å². The molecule has 1 aliphatic rings. The number of aromatic nitrogens is 3. The molecule has 1 aromatic carbocycles. The lowest BCUT2D eigenvalue weighted by Gasteiger charge is -2.09. The summed E-state index contributed by atoms with van der Waals surface area (Å²) < 4.78 is 1.97. The Morgan fingerprint density at radius 3 is 2.85 bits per heavy atom. The van der Waals surface area contributed by atoms with Crippen molar-refractivity contribution in [2.24, 2.45) is 0 Å². The van der Waals surface area contributed by atoms with Crippen molar-refractivity contribution < 1.29 is 5.11 Å². The SMILES string of the molecule is Cl.N#Cc1c(-c2cc3n(n2)CCCNC3)cc(-c2cccc(O)c2)nc1N. The summed E-state index contributed by atoms with van der Waals surface area (Å²) in [6, 6.07) is 12.7. The number of nitriles is 1. The number of rotatable bonds is 2. The first-order chi connectivity index (χ1) is 12.7. The number of nitrogens with one attached hydrogen (secondary N) is 1. The average Bonchev–Trinajstić information content (AvgIpc) is 2.91. The molecule has 0 bridgehead atoms. The lowest BCUT2D eigenvalue weighted by atomic mass is 10.0. The van der Waals surface area contributed by atoms with E-state index in [1.54, 1.807) is 24.3 Å². The molecule has 1 aliphatic heterocycles. The molecule has 0 atom stereocenters. The molecule has 0 spiro atoms. The minimum atomic E-state index is 0. The number of pyridine rings is 1. The standard InChI is InChI=1S/C19H18N6O.ClH/c20-10-16-15(18-8-13-11-22-5-2-6-25(13)24-18)9-17(23-19(16)21)12-3-1-4-14(26)7-12;/h1,3-4,7-9,22,26H,2,5-6,11H2,(H2,21,23);1H. The molecule has 27 heavy (non-hydrogen) atoms. The molecule has 3 aromatic rings. The number of halogens is 1. The number of fused-ring (bicyclic) bond motifs is 1. The van der Waals surface area contributed by atoms with Crippen LogP contribution in [0.15, 0.2) is 36.4 Å². The van der Waals surface area contributed by atoms with Crippen molar-refractivity contribution in [1.82, 2.24) is 20.1 Å². The highest BCUT2D eigenvalue weighted by Gasteiger charge is 2.18. The van der Waals surface area contributed by atoms with Gasteiger partial charge in [-0.3, -0.25) is 4.68 Å². The molecule has 0 radical (unpaired) electrons. The van der Waals surface area contributed by atoms with Crippen LogP contribution in [0.2, 0.25) is 0 Å². The van der Waals surface area contributed by atoms with Gasteiger partial charge < -0.3 is 16.2 Å². The van der Waals surface area contributed by atoms with E-state index in [1.807, 2.05) is 16.8 Å². The second-order valence-electron chi connectivity index (χ2n) is 6.25. The summed E-state index contributed by atoms with van der Waals surface area (Å²) in [6.45, 7) is 2.55. The van der Waals surface area contributed by atoms with Crippen LogP contribution in [0.4, 0.5) is 5.82 Å². The summed E-state index contributed by atoms with van der Waals surface area (Å²) in [5.74, 6) is 0.304. The predicted octanol–water partition coefficient (Wildman–Crippen LogP) is 2.69. The third kappa shape index (κ3) is 3.58. The van der Waals surface area contributed by atoms with Crippen molar-refractivity contribution in [1.29, 1.82) is 5.26 Å². The van der Waals surface area contributed by atoms with Gasteiger partial charge in [-0.05, 0) is 37.2 Å². The molecule has 138 valence electrons. The smallest absolute Gasteiger partial charge is 0.142 e. The van der Waals surface area contributed by atoms with Crippen LogP contribution in [-0.2, 0) is 13.1 Å². The molecule has 4 rings (SSSR count). The monoisotopic (exact) mass is 382 g/mol. The van der Waals surface area contributed by atoms with Gasteiger partial charge in [0.1, 0.15) is 23.2 Å². The van der Waals surface area contributed by atoms with Gasteiger partial charge in [0.25, 0.3) is 0 Å². The zero-order valence-electron chi connectivity index (χ0n) is 14.5. The van der Waals surface area contributed by atoms with Gasteiger partial charge in [0.05, 0.1) is 17.1 Å². The fourth-order valence-electron chi connectivity index (χ4n) is 3.19. The van der Waals surface area contributed by atoms with E-state index in [1.165, 1.54) is 0 Å². The number of nitrogen functional groups attached to an aromatic ring is 1. The highest BCUT2D eigenvalue weighted by atomic mass is 35.5. The van der Waals surface area contributed by atoms with E-state index in [0.29, 0.717) is 22.5 Å². The van der Waals surface area contributed by atoms with Gasteiger partial charge in [0.2, 0.25) is 0 Å². The number of phenolic OH excluding ortho intramolecular Hbond substituents is 1. The maximum absolute atomic E-state index is 9.73. The molecule has 4 N–H and O–H groups in total. The van der Waals surface area contributed by atoms with Crippen molar-refractivity contribution in [2.75, 3.05) is 12.3 Å². The summed E-state index contributed by atoms with van der Waals surface area (Å²) in [6.07, 6.45) is 1.01. The summed E-state index contributed by atoms with van der Waals surface area (Å²) in [7, 11) is 0. The highest BCUT2D eigenvalue weighted by Crippen LogP contribution is 2.32. The van der Waals surface area contributed by atoms with E-state index in [-0.39, 0.29) is 24.0 Å². The normalized spacial score (nSPS) is 13.1. The van der Waals surface area contributed by atoms with Crippen LogP contribution < -0.4 is 11.1 Å². The number of aromatic hydroxyl groups is 1. The molecule has 0 aliphatic carbocycles. The Morgan fingerprint density at radius 1 is 1.22 bits per heavy atom. The maximum atomic E-state index is 9.73. The molecule has 0 saturated heterocycles. The maximum Gasteiger partial charge on any atom is 0.142 e. The zero-order chi connectivity index (χ0) is 18.1. The first-order valence-corrected chi connectivity index (χ1v) is 8.43. The highest BCUT2D eigenvalue weighted by molar-refractivity contribution is 5.85. The Bertz CT molecular complexity index is 1000. The average molecular weight is 383 g/mol. The summed E-state index contributed by atoms with van der Waals surface area (Å²) in [5.41, 5.74) is 10.1. The Morgan fingerprint density at radius 2 is 2.07 bits per heavy atom. The number of nitrogens with zero attached hydrogens (tertiary/aromatic N) is 4. The van der Waals surface area contributed by atoms with Gasteiger partial charge in [0, 0.05) is 24.2 Å². The molecule has 7 nitrogen and oxygen atoms in total. The fraction of sp³-hybridized carbons (Fsp3) is 0.211. The number of hydrogen-bond acceptors (Lipinski definition) is 6. The molecule has 0 fully saturated rings. The minimum Gasteiger partial charge on any atom is -0.508 e. The summed E-state index contributed by atoms with van der Waals surface area (Å²) in [4.78, 5) is 4.34. The molecule has 0 saturated carbocycles. The first-order valence-electron chi connectivity index (χ1n) is 8.43. The van der Waals surface area contributed by atoms with E-state index < -0.39 is 0 Å². The van der Waals surface area contributed by atoms with Crippen LogP contribution in [-0.4, -0.2) is 26.4 Å². The second kappa shape index (κ2) is 7.66. The summed E-state index contributed by atoms with van der Waals surface area (Å²) >= 11 is 0. The van der Waals surface area contributed by atoms with Crippen LogP contribution in [0.25, 0.3) is 22.5 Å². The Balaban J connectivity index is 0.00000210. The fourth-order valence-corrected chi connectivity index (χ4v) is 3.19. The molecule has 8 heteroatoms. The van der Waals surface area contributed by atoms with Crippen molar-refractivity contribution in [3.05, 3.63) is 47.7 Å². The van der Waals surface area contributed by atoms with E-state index >= 15 is 0 Å². The van der Waals surface area contributed by atoms with Gasteiger partial charge in [-0.1, -0.05) is 12.1 Å². The molecule has 3 heterocycles. The Labute approximate surface area is 162 Å². The van der Waals surface area contributed by atoms with Crippen LogP contribution in [0.1, 0.15) is 17.7 Å². The van der Waals surface area contributed by atoms with E-state index in [4.69, 9.17) is 5.73 Å². The van der Waals surface area contributed by atoms with Crippen LogP contribution in [0.3, 0.4) is 0 Å². The number of phenols is 1. The van der Waals surface area contributed by atoms with Gasteiger partial charge in [-0.2, -0.15) is 10.4 Å². The minimum absolute atomic E-state index is 0. The van der Waals surface area contributed by atoms with Gasteiger partial charge in [-0.25, -0.2) is 4.98 Å². The summed E-state index contributed by atoms with van der Waals surface area (Å²) in [5, 5.41) is 27.3. The van der Waals surface area contributed by atoms with Crippen LogP contribution in [0, 0.1) is 11.3 Å². The van der Waals surface area contributed by atoms with E-state index in [2.05, 4.69) is 21.5 Å². The van der Waals surface area contributed by atoms with Crippen molar-refractivity contribution in [3.63, 3.8) is 0 Å². The van der Waals surface area contributed by atoms with Crippen molar-refractivity contribution in [2.45, 2.75) is 19.5 Å². The quantitative estimate of drug-likeness (QED) is 0.628. The lowest BCUT2D eigenvalue weighted by molar-refractivity contribution is 0.475. The van der Waals surface area contributed by atoms with Gasteiger partial charge >= 0.3 is 0 Å². The molecular formula is C19H19ClN6O. The topological polar surface area (TPSA) is 113 Å². The largest absolute Gasteiger partial charge is 0.508 e. The third-order valence-corrected chi connectivity index (χ3v) is 4.47. The van der Waals surface area contributed by atoms with Gasteiger partial charge in [-0.15, -0.1) is 12.4 Å². The lowest BCUT2D eigenvalue weighted by Crippen LogP contribution is -2.11. The molecule has 0 amide bonds. The Hall–Kier alpha value is -3.08. The number of anilines is 1. The van der Waals surface area contributed by atoms with Crippen LogP contribution in [0.5, 0.6) is 5.75 Å². The molecule has 0 unspecified atom stereocenters. The van der Waals surface area contributed by atoms with E-state index in [0.717, 1.165) is 37.3 Å². The molecule has 2 aromatic heterocycles. The number of benzene rings is 1. The zero-order valence-corrected chi connectivity index (χ0v) is 15.3. The van der Waals surface area contributed by atoms with Crippen LogP contribution >= 0.6 is 12.4 Å². The number of nitrogens with two attached hydrogens (primary N) is 1. The third-order valence-electron chi connectivity index (χ3n) is 4.47. The number of aryl methyl sites for hydroxylation is 1. The van der Waals surface area contributed by atoms with Gasteiger partial charge in [0.15, 0.2) is 0 Å². The second-order valence-corrected chi connectivity index (χ2v) is 6.25. The first kappa shape index (κ1) is 18.7. The Kier molecular flexibility index (Phi) is 5.31. The van der Waals surface area contributed by atoms with Crippen molar-refractivity contribution >= 4 is 18.2 Å². The van der Waals surface area contributed by atoms with E-state index in [9.17, 15) is 10.4 Å².